The standard InChI is InChI=1S/C17H30N2O8.CH4/c1-10(16(23)24)18-5-7-19(8-6-18)17(25)26-9-3-4-12-14(21)15(22)13(20)11(2)27-12;/h10-15,20-22H,3-9H2,1-2H3,(H,23,24);1H4/t10?,11?,12-,13?,14?,15?;/m0./s1. The number of piperazine rings is 1. The number of hydrogen-bond acceptors (Lipinski definition) is 8. The Labute approximate surface area is 165 Å². The summed E-state index contributed by atoms with van der Waals surface area (Å²) in [5, 5.41) is 38.4. The minimum atomic E-state index is -1.26. The number of rotatable bonds is 6. The highest BCUT2D eigenvalue weighted by Crippen LogP contribution is 2.23. The van der Waals surface area contributed by atoms with Crippen LogP contribution in [-0.2, 0) is 14.3 Å². The Bertz CT molecular complexity index is 512. The van der Waals surface area contributed by atoms with Crippen LogP contribution in [0.2, 0.25) is 0 Å². The highest BCUT2D eigenvalue weighted by atomic mass is 16.6. The van der Waals surface area contributed by atoms with Gasteiger partial charge in [-0.05, 0) is 26.7 Å². The van der Waals surface area contributed by atoms with Crippen molar-refractivity contribution in [1.82, 2.24) is 9.80 Å². The van der Waals surface area contributed by atoms with Gasteiger partial charge in [-0.3, -0.25) is 9.69 Å². The first-order valence-electron chi connectivity index (χ1n) is 9.30. The van der Waals surface area contributed by atoms with Crippen molar-refractivity contribution in [2.24, 2.45) is 0 Å². The Morgan fingerprint density at radius 3 is 2.29 bits per heavy atom. The van der Waals surface area contributed by atoms with Crippen molar-refractivity contribution >= 4 is 12.1 Å². The molecule has 0 radical (unpaired) electrons. The predicted octanol–water partition coefficient (Wildman–Crippen LogP) is -0.500. The number of aliphatic hydroxyl groups excluding tert-OH is 3. The molecule has 2 heterocycles. The summed E-state index contributed by atoms with van der Waals surface area (Å²) < 4.78 is 10.7. The van der Waals surface area contributed by atoms with E-state index in [2.05, 4.69) is 0 Å². The first-order valence-corrected chi connectivity index (χ1v) is 9.30. The van der Waals surface area contributed by atoms with E-state index < -0.39 is 48.6 Å². The first-order chi connectivity index (χ1) is 12.7. The van der Waals surface area contributed by atoms with Gasteiger partial charge < -0.3 is 34.8 Å². The molecule has 0 bridgehead atoms. The van der Waals surface area contributed by atoms with E-state index in [1.165, 1.54) is 0 Å². The second-order valence-electron chi connectivity index (χ2n) is 7.15. The summed E-state index contributed by atoms with van der Waals surface area (Å²) in [5.41, 5.74) is 0. The molecule has 1 amide bonds. The van der Waals surface area contributed by atoms with E-state index in [-0.39, 0.29) is 14.0 Å². The third-order valence-corrected chi connectivity index (χ3v) is 5.29. The maximum absolute atomic E-state index is 12.1. The molecule has 6 atom stereocenters. The molecular weight excluding hydrogens is 372 g/mol. The van der Waals surface area contributed by atoms with E-state index in [9.17, 15) is 24.9 Å². The minimum absolute atomic E-state index is 0. The fourth-order valence-corrected chi connectivity index (χ4v) is 3.36. The summed E-state index contributed by atoms with van der Waals surface area (Å²) in [6.07, 6.45) is -4.41. The van der Waals surface area contributed by atoms with Crippen LogP contribution in [0.5, 0.6) is 0 Å². The molecule has 2 rings (SSSR count). The van der Waals surface area contributed by atoms with E-state index in [1.807, 2.05) is 0 Å². The van der Waals surface area contributed by atoms with Gasteiger partial charge in [0.1, 0.15) is 24.4 Å². The van der Waals surface area contributed by atoms with Crippen LogP contribution in [0.1, 0.15) is 34.1 Å². The monoisotopic (exact) mass is 406 g/mol. The number of carbonyl (C=O) groups excluding carboxylic acids is 1. The molecule has 28 heavy (non-hydrogen) atoms. The molecule has 2 saturated heterocycles. The normalized spacial score (nSPS) is 32.3. The molecule has 0 aromatic rings. The molecular formula is C18H34N2O8. The van der Waals surface area contributed by atoms with Crippen molar-refractivity contribution in [1.29, 1.82) is 0 Å². The van der Waals surface area contributed by atoms with Gasteiger partial charge in [0.05, 0.1) is 18.8 Å². The average Bonchev–Trinajstić information content (AvgIpc) is 2.66. The van der Waals surface area contributed by atoms with Crippen molar-refractivity contribution in [3.05, 3.63) is 0 Å². The molecule has 0 saturated carbocycles. The second kappa shape index (κ2) is 10.9. The van der Waals surface area contributed by atoms with Crippen LogP contribution in [0.4, 0.5) is 4.79 Å². The van der Waals surface area contributed by atoms with Gasteiger partial charge in [-0.15, -0.1) is 0 Å². The Kier molecular flexibility index (Phi) is 9.58. The maximum atomic E-state index is 12.1. The van der Waals surface area contributed by atoms with Crippen molar-refractivity contribution in [2.45, 2.75) is 70.7 Å². The molecule has 0 aromatic carbocycles. The number of aliphatic hydroxyl groups is 3. The highest BCUT2D eigenvalue weighted by Gasteiger charge is 2.41. The van der Waals surface area contributed by atoms with E-state index in [0.717, 1.165) is 0 Å². The van der Waals surface area contributed by atoms with Crippen LogP contribution in [-0.4, -0.2) is 112 Å². The lowest BCUT2D eigenvalue weighted by Gasteiger charge is -2.39. The number of amides is 1. The van der Waals surface area contributed by atoms with E-state index in [1.54, 1.807) is 23.6 Å². The lowest BCUT2D eigenvalue weighted by molar-refractivity contribution is -0.218. The van der Waals surface area contributed by atoms with Crippen LogP contribution in [0.3, 0.4) is 0 Å². The van der Waals surface area contributed by atoms with Crippen LogP contribution in [0.15, 0.2) is 0 Å². The molecule has 4 N–H and O–H groups in total. The molecule has 0 spiro atoms. The first kappa shape index (κ1) is 24.6. The quantitative estimate of drug-likeness (QED) is 0.430. The molecule has 2 fully saturated rings. The van der Waals surface area contributed by atoms with Gasteiger partial charge in [0.2, 0.25) is 0 Å². The number of carbonyl (C=O) groups is 2. The minimum Gasteiger partial charge on any atom is -0.480 e. The molecule has 0 aliphatic carbocycles. The van der Waals surface area contributed by atoms with Crippen LogP contribution in [0, 0.1) is 0 Å². The van der Waals surface area contributed by atoms with Crippen molar-refractivity contribution in [2.75, 3.05) is 32.8 Å². The number of aliphatic carboxylic acids is 1. The summed E-state index contributed by atoms with van der Waals surface area (Å²) >= 11 is 0. The van der Waals surface area contributed by atoms with E-state index in [4.69, 9.17) is 14.6 Å². The highest BCUT2D eigenvalue weighted by molar-refractivity contribution is 5.73. The molecule has 5 unspecified atom stereocenters. The smallest absolute Gasteiger partial charge is 0.409 e. The summed E-state index contributed by atoms with van der Waals surface area (Å²) in [6.45, 7) is 5.15. The number of nitrogens with zero attached hydrogens (tertiary/aromatic N) is 2. The average molecular weight is 406 g/mol. The molecule has 164 valence electrons. The van der Waals surface area contributed by atoms with Crippen molar-refractivity contribution in [3.8, 4) is 0 Å². The zero-order valence-electron chi connectivity index (χ0n) is 15.7. The lowest BCUT2D eigenvalue weighted by atomic mass is 9.93. The molecule has 2 aliphatic rings. The third kappa shape index (κ3) is 6.02. The number of carboxylic acid groups (broad SMARTS) is 1. The van der Waals surface area contributed by atoms with Gasteiger partial charge in [-0.1, -0.05) is 7.43 Å². The van der Waals surface area contributed by atoms with Gasteiger partial charge in [0.15, 0.2) is 0 Å². The Morgan fingerprint density at radius 2 is 1.71 bits per heavy atom. The van der Waals surface area contributed by atoms with Crippen molar-refractivity contribution < 1.29 is 39.5 Å². The van der Waals surface area contributed by atoms with Gasteiger partial charge in [0.25, 0.3) is 0 Å². The number of carboxylic acids is 1. The van der Waals surface area contributed by atoms with Crippen LogP contribution < -0.4 is 0 Å². The van der Waals surface area contributed by atoms with Crippen LogP contribution in [0.25, 0.3) is 0 Å². The summed E-state index contributed by atoms with van der Waals surface area (Å²) in [5.74, 6) is -0.884. The summed E-state index contributed by atoms with van der Waals surface area (Å²) in [4.78, 5) is 26.4. The largest absolute Gasteiger partial charge is 0.480 e. The lowest BCUT2D eigenvalue weighted by Crippen LogP contribution is -2.56. The topological polar surface area (TPSA) is 140 Å². The Balaban J connectivity index is 0.00000392. The SMILES string of the molecule is C.CC1O[C@@H](CCCOC(=O)N2CCN(C(C)C(=O)O)CC2)C(O)C(O)C1O. The summed E-state index contributed by atoms with van der Waals surface area (Å²) in [7, 11) is 0. The van der Waals surface area contributed by atoms with Gasteiger partial charge >= 0.3 is 12.1 Å². The van der Waals surface area contributed by atoms with Gasteiger partial charge in [0, 0.05) is 26.2 Å². The molecule has 10 nitrogen and oxygen atoms in total. The molecule has 10 heteroatoms. The molecule has 2 aliphatic heterocycles. The second-order valence-corrected chi connectivity index (χ2v) is 7.15. The summed E-state index contributed by atoms with van der Waals surface area (Å²) in [6, 6.07) is -0.582. The van der Waals surface area contributed by atoms with Gasteiger partial charge in [-0.25, -0.2) is 4.79 Å². The van der Waals surface area contributed by atoms with E-state index in [0.29, 0.717) is 39.0 Å². The fourth-order valence-electron chi connectivity index (χ4n) is 3.36. The van der Waals surface area contributed by atoms with E-state index >= 15 is 0 Å². The Hall–Kier alpha value is -1.46. The third-order valence-electron chi connectivity index (χ3n) is 5.29. The maximum Gasteiger partial charge on any atom is 0.409 e. The van der Waals surface area contributed by atoms with Crippen molar-refractivity contribution in [3.63, 3.8) is 0 Å². The zero-order valence-corrected chi connectivity index (χ0v) is 15.7. The number of ether oxygens (including phenoxy) is 2. The van der Waals surface area contributed by atoms with Crippen LogP contribution >= 0.6 is 0 Å². The van der Waals surface area contributed by atoms with Gasteiger partial charge in [-0.2, -0.15) is 0 Å². The molecule has 0 aromatic heterocycles. The number of hydrogen-bond donors (Lipinski definition) is 4. The predicted molar refractivity (Wildman–Crippen MR) is 99.9 cm³/mol. The Morgan fingerprint density at radius 1 is 1.11 bits per heavy atom. The fraction of sp³-hybridized carbons (Fsp3) is 0.889. The zero-order chi connectivity index (χ0) is 20.1.